The van der Waals surface area contributed by atoms with Gasteiger partial charge >= 0.3 is 0 Å². The van der Waals surface area contributed by atoms with E-state index < -0.39 is 9.71 Å². The van der Waals surface area contributed by atoms with Gasteiger partial charge in [-0.05, 0) is 17.0 Å². The van der Waals surface area contributed by atoms with Gasteiger partial charge in [-0.1, -0.05) is 17.7 Å². The summed E-state index contributed by atoms with van der Waals surface area (Å²) < 4.78 is 13.8. The van der Waals surface area contributed by atoms with Crippen LogP contribution in [0.2, 0.25) is 5.15 Å². The minimum Gasteiger partial charge on any atom is -0.249 e. The first-order valence-corrected chi connectivity index (χ1v) is 6.53. The number of hydrogen-bond acceptors (Lipinski definition) is 3. The Morgan fingerprint density at radius 2 is 2.47 bits per heavy atom. The molecule has 80 valence electrons. The maximum Gasteiger partial charge on any atom is 0.188 e. The van der Waals surface area contributed by atoms with E-state index in [-0.39, 0.29) is 0 Å². The van der Waals surface area contributed by atoms with Gasteiger partial charge in [-0.25, -0.2) is 13.9 Å². The number of pyridine rings is 1. The van der Waals surface area contributed by atoms with Crippen LogP contribution in [0.4, 0.5) is 0 Å². The van der Waals surface area contributed by atoms with Gasteiger partial charge in [-0.2, -0.15) is 5.26 Å². The lowest BCUT2D eigenvalue weighted by Crippen LogP contribution is -2.19. The highest BCUT2D eigenvalue weighted by Crippen LogP contribution is 2.05. The van der Waals surface area contributed by atoms with Crippen LogP contribution < -0.4 is 4.72 Å². The molecule has 0 radical (unpaired) electrons. The van der Waals surface area contributed by atoms with Gasteiger partial charge in [0, 0.05) is 18.9 Å². The van der Waals surface area contributed by atoms with E-state index in [1.807, 2.05) is 0 Å². The second kappa shape index (κ2) is 5.01. The molecule has 0 fully saturated rings. The van der Waals surface area contributed by atoms with E-state index >= 15 is 0 Å². The number of nitriles is 1. The lowest BCUT2D eigenvalue weighted by Gasteiger charge is -2.01. The molecule has 1 rings (SSSR count). The van der Waals surface area contributed by atoms with Crippen LogP contribution in [0.15, 0.2) is 18.3 Å². The number of aromatic nitrogens is 1. The minimum absolute atomic E-state index is 0.422. The average Bonchev–Trinajstić information content (AvgIpc) is 2.17. The summed E-state index contributed by atoms with van der Waals surface area (Å²) in [5.74, 6) is 0. The Kier molecular flexibility index (Phi) is 3.95. The Morgan fingerprint density at radius 1 is 1.73 bits per heavy atom. The van der Waals surface area contributed by atoms with Gasteiger partial charge in [0.05, 0.1) is 9.71 Å². The van der Waals surface area contributed by atoms with Crippen molar-refractivity contribution in [3.05, 3.63) is 29.0 Å². The Labute approximate surface area is 94.0 Å². The smallest absolute Gasteiger partial charge is 0.188 e. The summed E-state index contributed by atoms with van der Waals surface area (Å²) in [5, 5.41) is 10.3. The first kappa shape index (κ1) is 11.8. The summed E-state index contributed by atoms with van der Waals surface area (Å²) >= 11 is 5.62. The van der Waals surface area contributed by atoms with Crippen LogP contribution in [0.25, 0.3) is 0 Å². The second-order valence-corrected chi connectivity index (χ2v) is 5.71. The highest BCUT2D eigenvalue weighted by molar-refractivity contribution is 7.99. The van der Waals surface area contributed by atoms with E-state index in [0.717, 1.165) is 5.56 Å². The van der Waals surface area contributed by atoms with E-state index in [0.29, 0.717) is 11.6 Å². The van der Waals surface area contributed by atoms with Crippen molar-refractivity contribution < 1.29 is 4.21 Å². The van der Waals surface area contributed by atoms with Crippen LogP contribution >= 0.6 is 11.6 Å². The van der Waals surface area contributed by atoms with Gasteiger partial charge in [0.25, 0.3) is 0 Å². The lowest BCUT2D eigenvalue weighted by atomic mass is 10.2. The van der Waals surface area contributed by atoms with Gasteiger partial charge < -0.3 is 0 Å². The number of halogens is 1. The number of hydrogen-bond donors (Lipinski definition) is 1. The van der Waals surface area contributed by atoms with Crippen molar-refractivity contribution in [2.45, 2.75) is 6.42 Å². The van der Waals surface area contributed by atoms with Crippen LogP contribution in [-0.4, -0.2) is 20.8 Å². The molecule has 0 saturated carbocycles. The Hall–Kier alpha value is -1.25. The van der Waals surface area contributed by atoms with Crippen molar-refractivity contribution in [1.82, 2.24) is 9.71 Å². The van der Waals surface area contributed by atoms with Gasteiger partial charge in [0.2, 0.25) is 0 Å². The van der Waals surface area contributed by atoms with E-state index in [1.165, 1.54) is 6.26 Å². The molecule has 1 heterocycles. The fourth-order valence-electron chi connectivity index (χ4n) is 0.915. The Balaban J connectivity index is 2.77. The van der Waals surface area contributed by atoms with Crippen molar-refractivity contribution in [3.8, 4) is 6.19 Å². The molecule has 1 aromatic heterocycles. The van der Waals surface area contributed by atoms with Gasteiger partial charge in [0.15, 0.2) is 6.19 Å². The van der Waals surface area contributed by atoms with Crippen LogP contribution in [0, 0.1) is 11.5 Å². The summed E-state index contributed by atoms with van der Waals surface area (Å²) in [7, 11) is -2.39. The van der Waals surface area contributed by atoms with Crippen molar-refractivity contribution in [2.24, 2.45) is 0 Å². The molecule has 1 aromatic rings. The van der Waals surface area contributed by atoms with E-state index in [2.05, 4.69) is 9.71 Å². The summed E-state index contributed by atoms with van der Waals surface area (Å²) in [6, 6.07) is 3.47. The zero-order chi connectivity index (χ0) is 11.3. The van der Waals surface area contributed by atoms with Gasteiger partial charge in [0.1, 0.15) is 5.15 Å². The summed E-state index contributed by atoms with van der Waals surface area (Å²) in [6.45, 7) is 0. The third kappa shape index (κ3) is 4.19. The molecular formula is C9H10ClN3OS. The summed E-state index contributed by atoms with van der Waals surface area (Å²) in [6.07, 6.45) is 5.22. The molecule has 1 unspecified atom stereocenters. The first-order valence-electron chi connectivity index (χ1n) is 4.12. The standard InChI is InChI=1S/C9H10ClN3OS/c1-15(14,13-7-11)5-4-8-2-3-9(10)12-6-8/h2-3,5-6H,4H2,1H3,(H,13,14). The highest BCUT2D eigenvalue weighted by Gasteiger charge is 1.97. The van der Waals surface area contributed by atoms with Crippen LogP contribution in [0.5, 0.6) is 0 Å². The predicted octanol–water partition coefficient (Wildman–Crippen LogP) is 0.980. The normalized spacial score (nSPS) is 13.7. The molecule has 0 amide bonds. The van der Waals surface area contributed by atoms with Crippen molar-refractivity contribution in [3.63, 3.8) is 0 Å². The van der Waals surface area contributed by atoms with Crippen LogP contribution in [-0.2, 0) is 16.1 Å². The van der Waals surface area contributed by atoms with Crippen LogP contribution in [0.1, 0.15) is 5.56 Å². The Bertz CT molecular complexity index is 483. The number of nitrogens with one attached hydrogen (secondary N) is 1. The average molecular weight is 244 g/mol. The third-order valence-electron chi connectivity index (χ3n) is 1.67. The highest BCUT2D eigenvalue weighted by atomic mass is 35.5. The molecule has 1 atom stereocenters. The molecule has 0 aromatic carbocycles. The summed E-state index contributed by atoms with van der Waals surface area (Å²) in [4.78, 5) is 3.89. The maximum absolute atomic E-state index is 11.6. The van der Waals surface area contributed by atoms with E-state index in [9.17, 15) is 4.21 Å². The molecule has 15 heavy (non-hydrogen) atoms. The number of rotatable bonds is 3. The predicted molar refractivity (Wildman–Crippen MR) is 61.8 cm³/mol. The van der Waals surface area contributed by atoms with Gasteiger partial charge in [-0.15, -0.1) is 0 Å². The molecule has 6 heteroatoms. The molecule has 0 aliphatic heterocycles. The fraction of sp³-hybridized carbons (Fsp3) is 0.222. The third-order valence-corrected chi connectivity index (χ3v) is 3.20. The molecule has 0 aliphatic carbocycles. The lowest BCUT2D eigenvalue weighted by molar-refractivity contribution is 0.681. The van der Waals surface area contributed by atoms with Crippen molar-refractivity contribution in [1.29, 1.82) is 5.26 Å². The SMILES string of the molecule is CS(=O)(=CCc1ccc(Cl)nc1)NC#N. The maximum atomic E-state index is 11.6. The van der Waals surface area contributed by atoms with Crippen LogP contribution in [0.3, 0.4) is 0 Å². The molecular weight excluding hydrogens is 234 g/mol. The van der Waals surface area contributed by atoms with Crippen molar-refractivity contribution >= 4 is 26.7 Å². The quantitative estimate of drug-likeness (QED) is 0.373. The zero-order valence-electron chi connectivity index (χ0n) is 8.11. The van der Waals surface area contributed by atoms with E-state index in [1.54, 1.807) is 29.9 Å². The molecule has 1 N–H and O–H groups in total. The molecule has 0 bridgehead atoms. The van der Waals surface area contributed by atoms with Gasteiger partial charge in [-0.3, -0.25) is 0 Å². The minimum atomic E-state index is -2.39. The van der Waals surface area contributed by atoms with Crippen molar-refractivity contribution in [2.75, 3.05) is 6.26 Å². The monoisotopic (exact) mass is 243 g/mol. The summed E-state index contributed by atoms with van der Waals surface area (Å²) in [5.41, 5.74) is 0.897. The second-order valence-electron chi connectivity index (χ2n) is 2.98. The fourth-order valence-corrected chi connectivity index (χ4v) is 1.80. The largest absolute Gasteiger partial charge is 0.249 e. The van der Waals surface area contributed by atoms with E-state index in [4.69, 9.17) is 16.9 Å². The topological polar surface area (TPSA) is 65.8 Å². The molecule has 0 saturated heterocycles. The number of nitrogens with zero attached hydrogens (tertiary/aromatic N) is 2. The molecule has 0 aliphatic rings. The first-order chi connectivity index (χ1) is 7.03. The molecule has 0 spiro atoms. The molecule has 4 nitrogen and oxygen atoms in total. The Morgan fingerprint density at radius 3 is 3.00 bits per heavy atom. The zero-order valence-corrected chi connectivity index (χ0v) is 9.68.